The van der Waals surface area contributed by atoms with E-state index in [1.807, 2.05) is 6.92 Å². The smallest absolute Gasteiger partial charge is 0.247 e. The molecule has 2 rings (SSSR count). The molecule has 5 nitrogen and oxygen atoms in total. The zero-order valence-electron chi connectivity index (χ0n) is 9.73. The van der Waals surface area contributed by atoms with Crippen LogP contribution in [0.25, 0.3) is 0 Å². The van der Waals surface area contributed by atoms with Gasteiger partial charge in [-0.15, -0.1) is 0 Å². The topological polar surface area (TPSA) is 58.6 Å². The number of likely N-dealkylation sites (tertiary alicyclic amines) is 1. The maximum Gasteiger partial charge on any atom is 0.247 e. The summed E-state index contributed by atoms with van der Waals surface area (Å²) in [7, 11) is 1.62. The number of nitrogens with zero attached hydrogens (tertiary/aromatic N) is 1. The van der Waals surface area contributed by atoms with Gasteiger partial charge in [0.05, 0.1) is 19.1 Å². The van der Waals surface area contributed by atoms with E-state index in [0.29, 0.717) is 13.0 Å². The number of methoxy groups -OCH3 is 1. The molecular weight excluding hydrogens is 208 g/mol. The van der Waals surface area contributed by atoms with Crippen molar-refractivity contribution in [3.05, 3.63) is 0 Å². The number of hydrogen-bond donors (Lipinski definition) is 1. The Kier molecular flexibility index (Phi) is 3.25. The highest BCUT2D eigenvalue weighted by Crippen LogP contribution is 2.31. The molecule has 0 spiro atoms. The zero-order valence-corrected chi connectivity index (χ0v) is 9.73. The molecule has 2 amide bonds. The molecule has 0 radical (unpaired) electrons. The van der Waals surface area contributed by atoms with Crippen LogP contribution in [0.15, 0.2) is 0 Å². The van der Waals surface area contributed by atoms with Gasteiger partial charge in [0.15, 0.2) is 0 Å². The molecule has 0 aromatic rings. The van der Waals surface area contributed by atoms with Crippen molar-refractivity contribution in [2.75, 3.05) is 13.7 Å². The first kappa shape index (κ1) is 11.5. The first-order valence-electron chi connectivity index (χ1n) is 5.74. The minimum absolute atomic E-state index is 0.0328. The second-order valence-electron chi connectivity index (χ2n) is 4.61. The number of imide groups is 1. The van der Waals surface area contributed by atoms with Crippen LogP contribution >= 0.6 is 0 Å². The second-order valence-corrected chi connectivity index (χ2v) is 4.61. The standard InChI is InChI=1S/C11H18N2O3/c1-7(6-16-2)12-9-5-10(14)13(11(9)15)8-3-4-8/h7-9,12H,3-6H2,1-2H3. The van der Waals surface area contributed by atoms with Crippen LogP contribution in [0, 0.1) is 0 Å². The lowest BCUT2D eigenvalue weighted by atomic mass is 10.2. The highest BCUT2D eigenvalue weighted by atomic mass is 16.5. The summed E-state index contributed by atoms with van der Waals surface area (Å²) in [5.74, 6) is -0.0925. The number of carbonyl (C=O) groups is 2. The fraction of sp³-hybridized carbons (Fsp3) is 0.818. The van der Waals surface area contributed by atoms with Gasteiger partial charge in [-0.2, -0.15) is 0 Å². The van der Waals surface area contributed by atoms with Gasteiger partial charge in [-0.1, -0.05) is 0 Å². The first-order valence-corrected chi connectivity index (χ1v) is 5.74. The van der Waals surface area contributed by atoms with E-state index < -0.39 is 0 Å². The Morgan fingerprint density at radius 3 is 2.75 bits per heavy atom. The Labute approximate surface area is 95.1 Å². The van der Waals surface area contributed by atoms with E-state index in [9.17, 15) is 9.59 Å². The van der Waals surface area contributed by atoms with Crippen LogP contribution < -0.4 is 5.32 Å². The van der Waals surface area contributed by atoms with Crippen molar-refractivity contribution in [1.82, 2.24) is 10.2 Å². The molecule has 0 aromatic heterocycles. The largest absolute Gasteiger partial charge is 0.383 e. The van der Waals surface area contributed by atoms with Crippen LogP contribution in [0.2, 0.25) is 0 Å². The SMILES string of the molecule is COCC(C)NC1CC(=O)N(C2CC2)C1=O. The molecular formula is C11H18N2O3. The molecule has 16 heavy (non-hydrogen) atoms. The lowest BCUT2D eigenvalue weighted by Gasteiger charge is -2.18. The average Bonchev–Trinajstić information content (AvgIpc) is 2.97. The van der Waals surface area contributed by atoms with Crippen LogP contribution in [0.4, 0.5) is 0 Å². The molecule has 1 aliphatic carbocycles. The predicted molar refractivity (Wildman–Crippen MR) is 57.8 cm³/mol. The zero-order chi connectivity index (χ0) is 11.7. The molecule has 1 heterocycles. The number of hydrogen-bond acceptors (Lipinski definition) is 4. The Balaban J connectivity index is 1.92. The van der Waals surface area contributed by atoms with Gasteiger partial charge in [0.2, 0.25) is 11.8 Å². The highest BCUT2D eigenvalue weighted by Gasteiger charge is 2.46. The summed E-state index contributed by atoms with van der Waals surface area (Å²) >= 11 is 0. The summed E-state index contributed by atoms with van der Waals surface area (Å²) in [6, 6.07) is -0.0753. The minimum atomic E-state index is -0.349. The van der Waals surface area contributed by atoms with Crippen LogP contribution in [0.3, 0.4) is 0 Å². The summed E-state index contributed by atoms with van der Waals surface area (Å²) in [6.07, 6.45) is 2.24. The van der Waals surface area contributed by atoms with E-state index >= 15 is 0 Å². The van der Waals surface area contributed by atoms with Crippen molar-refractivity contribution in [2.24, 2.45) is 0 Å². The number of rotatable bonds is 5. The van der Waals surface area contributed by atoms with Gasteiger partial charge in [-0.05, 0) is 19.8 Å². The van der Waals surface area contributed by atoms with E-state index in [0.717, 1.165) is 12.8 Å². The van der Waals surface area contributed by atoms with Crippen LogP contribution in [-0.4, -0.2) is 48.6 Å². The van der Waals surface area contributed by atoms with E-state index in [4.69, 9.17) is 4.74 Å². The van der Waals surface area contributed by atoms with Crippen LogP contribution in [0.5, 0.6) is 0 Å². The second kappa shape index (κ2) is 4.51. The summed E-state index contributed by atoms with van der Waals surface area (Å²) in [5.41, 5.74) is 0. The Morgan fingerprint density at radius 2 is 2.19 bits per heavy atom. The van der Waals surface area contributed by atoms with Gasteiger partial charge in [-0.3, -0.25) is 14.5 Å². The van der Waals surface area contributed by atoms with E-state index in [-0.39, 0.29) is 29.9 Å². The van der Waals surface area contributed by atoms with Gasteiger partial charge in [0.1, 0.15) is 0 Å². The monoisotopic (exact) mass is 226 g/mol. The Hall–Kier alpha value is -0.940. The average molecular weight is 226 g/mol. The minimum Gasteiger partial charge on any atom is -0.383 e. The van der Waals surface area contributed by atoms with Crippen molar-refractivity contribution < 1.29 is 14.3 Å². The van der Waals surface area contributed by atoms with Gasteiger partial charge in [0, 0.05) is 19.2 Å². The Morgan fingerprint density at radius 1 is 1.50 bits per heavy atom. The molecule has 1 aliphatic heterocycles. The van der Waals surface area contributed by atoms with Crippen molar-refractivity contribution in [3.63, 3.8) is 0 Å². The van der Waals surface area contributed by atoms with Crippen LogP contribution in [-0.2, 0) is 14.3 Å². The maximum absolute atomic E-state index is 11.9. The Bertz CT molecular complexity index is 302. The number of nitrogens with one attached hydrogen (secondary N) is 1. The lowest BCUT2D eigenvalue weighted by Crippen LogP contribution is -2.44. The first-order chi connectivity index (χ1) is 7.63. The molecule has 0 bridgehead atoms. The normalized spacial score (nSPS) is 27.6. The number of carbonyl (C=O) groups excluding carboxylic acids is 2. The molecule has 1 N–H and O–H groups in total. The molecule has 0 aromatic carbocycles. The number of ether oxygens (including phenoxy) is 1. The maximum atomic E-state index is 11.9. The van der Waals surface area contributed by atoms with E-state index in [1.54, 1.807) is 7.11 Å². The highest BCUT2D eigenvalue weighted by molar-refractivity contribution is 6.06. The summed E-state index contributed by atoms with van der Waals surface area (Å²) in [5, 5.41) is 3.14. The summed E-state index contributed by atoms with van der Waals surface area (Å²) < 4.78 is 4.99. The van der Waals surface area contributed by atoms with Gasteiger partial charge < -0.3 is 10.1 Å². The molecule has 1 saturated carbocycles. The third kappa shape index (κ3) is 2.25. The van der Waals surface area contributed by atoms with Crippen LogP contribution in [0.1, 0.15) is 26.2 Å². The van der Waals surface area contributed by atoms with Crippen molar-refractivity contribution in [3.8, 4) is 0 Å². The molecule has 90 valence electrons. The molecule has 2 fully saturated rings. The molecule has 2 unspecified atom stereocenters. The quantitative estimate of drug-likeness (QED) is 0.665. The van der Waals surface area contributed by atoms with Crippen molar-refractivity contribution >= 4 is 11.8 Å². The third-order valence-corrected chi connectivity index (χ3v) is 3.00. The molecule has 5 heteroatoms. The predicted octanol–water partition coefficient (Wildman–Crippen LogP) is -0.0992. The molecule has 2 atom stereocenters. The van der Waals surface area contributed by atoms with E-state index in [1.165, 1.54) is 4.90 Å². The van der Waals surface area contributed by atoms with Gasteiger partial charge >= 0.3 is 0 Å². The summed E-state index contributed by atoms with van der Waals surface area (Å²) in [6.45, 7) is 2.49. The van der Waals surface area contributed by atoms with Crippen molar-refractivity contribution in [1.29, 1.82) is 0 Å². The fourth-order valence-corrected chi connectivity index (χ4v) is 2.14. The van der Waals surface area contributed by atoms with E-state index in [2.05, 4.69) is 5.32 Å². The number of amides is 2. The fourth-order valence-electron chi connectivity index (χ4n) is 2.14. The molecule has 1 saturated heterocycles. The lowest BCUT2D eigenvalue weighted by molar-refractivity contribution is -0.139. The summed E-state index contributed by atoms with van der Waals surface area (Å²) in [4.78, 5) is 25.0. The van der Waals surface area contributed by atoms with Gasteiger partial charge in [-0.25, -0.2) is 0 Å². The third-order valence-electron chi connectivity index (χ3n) is 3.00. The molecule has 2 aliphatic rings. The van der Waals surface area contributed by atoms with Crippen molar-refractivity contribution in [2.45, 2.75) is 44.3 Å². The van der Waals surface area contributed by atoms with Gasteiger partial charge in [0.25, 0.3) is 0 Å².